The number of hydrogen-bond donors (Lipinski definition) is 0. The average molecular weight is 414 g/mol. The molecule has 1 aliphatic heterocycles. The number of esters is 1. The quantitative estimate of drug-likeness (QED) is 0.690. The Labute approximate surface area is 173 Å². The molecule has 0 amide bonds. The van der Waals surface area contributed by atoms with Gasteiger partial charge in [-0.2, -0.15) is 4.31 Å². The number of nitrogens with zero attached hydrogens (tertiary/aromatic N) is 1. The molecule has 0 saturated heterocycles. The highest BCUT2D eigenvalue weighted by molar-refractivity contribution is 7.89. The molecule has 0 aliphatic carbocycles. The third-order valence-corrected chi connectivity index (χ3v) is 7.11. The summed E-state index contributed by atoms with van der Waals surface area (Å²) < 4.78 is 33.6. The predicted molar refractivity (Wildman–Crippen MR) is 114 cm³/mol. The maximum atomic E-state index is 13.4. The van der Waals surface area contributed by atoms with Crippen molar-refractivity contribution in [3.05, 3.63) is 71.8 Å². The molecule has 1 aliphatic rings. The van der Waals surface area contributed by atoms with Crippen molar-refractivity contribution in [3.63, 3.8) is 0 Å². The van der Waals surface area contributed by atoms with Crippen molar-refractivity contribution in [2.75, 3.05) is 6.54 Å². The van der Waals surface area contributed by atoms with E-state index in [1.54, 1.807) is 24.3 Å². The van der Waals surface area contributed by atoms with E-state index in [0.717, 1.165) is 16.7 Å². The Balaban J connectivity index is 1.89. The number of ether oxygens (including phenoxy) is 1. The van der Waals surface area contributed by atoms with Crippen molar-refractivity contribution < 1.29 is 17.9 Å². The molecular formula is C23H27NO4S. The second-order valence-electron chi connectivity index (χ2n) is 7.75. The van der Waals surface area contributed by atoms with Crippen LogP contribution in [0.3, 0.4) is 0 Å². The fourth-order valence-electron chi connectivity index (χ4n) is 3.54. The van der Waals surface area contributed by atoms with Gasteiger partial charge in [-0.25, -0.2) is 8.42 Å². The van der Waals surface area contributed by atoms with Crippen molar-refractivity contribution in [1.82, 2.24) is 4.31 Å². The molecule has 0 N–H and O–H groups in total. The van der Waals surface area contributed by atoms with Gasteiger partial charge in [-0.15, -0.1) is 0 Å². The first kappa shape index (κ1) is 21.3. The molecule has 0 radical (unpaired) electrons. The van der Waals surface area contributed by atoms with Crippen LogP contribution in [0.25, 0.3) is 5.57 Å². The molecule has 1 heterocycles. The highest BCUT2D eigenvalue weighted by atomic mass is 32.2. The minimum atomic E-state index is -3.86. The molecule has 2 aromatic rings. The van der Waals surface area contributed by atoms with E-state index in [9.17, 15) is 13.2 Å². The number of fused-ring (bicyclic) bond motifs is 1. The number of carbonyl (C=O) groups is 1. The van der Waals surface area contributed by atoms with Crippen LogP contribution in [0.5, 0.6) is 0 Å². The Morgan fingerprint density at radius 2 is 1.79 bits per heavy atom. The molecule has 0 fully saturated rings. The number of carbonyl (C=O) groups excluding carboxylic acids is 1. The fourth-order valence-corrected chi connectivity index (χ4v) is 5.50. The topological polar surface area (TPSA) is 63.7 Å². The van der Waals surface area contributed by atoms with Gasteiger partial charge in [-0.1, -0.05) is 68.5 Å². The number of hydrogen-bond acceptors (Lipinski definition) is 4. The number of sulfonamides is 1. The summed E-state index contributed by atoms with van der Waals surface area (Å²) in [5.41, 5.74) is 3.35. The van der Waals surface area contributed by atoms with Gasteiger partial charge in [0.2, 0.25) is 10.0 Å². The molecule has 2 aromatic carbocycles. The first-order valence-electron chi connectivity index (χ1n) is 9.73. The number of benzene rings is 2. The molecule has 154 valence electrons. The molecule has 0 spiro atoms. The second-order valence-corrected chi connectivity index (χ2v) is 9.61. The van der Waals surface area contributed by atoms with Crippen molar-refractivity contribution in [3.8, 4) is 0 Å². The van der Waals surface area contributed by atoms with Crippen LogP contribution in [0.15, 0.2) is 60.0 Å². The van der Waals surface area contributed by atoms with Gasteiger partial charge in [-0.05, 0) is 42.0 Å². The SMILES string of the molecule is C=C1CCN([C@@H](C(=O)OCc2ccc(C)cc2)C(C)C)S(=O)(=O)c2ccccc21. The summed E-state index contributed by atoms with van der Waals surface area (Å²) in [6.07, 6.45) is 0.463. The standard InChI is InChI=1S/C23H27NO4S/c1-16(2)22(23(25)28-15-19-11-9-17(3)10-12-19)24-14-13-18(4)20-7-5-6-8-21(20)29(24,26)27/h5-12,16,22H,4,13-15H2,1-3H3/t22-/m1/s1. The Hall–Kier alpha value is -2.44. The molecule has 5 nitrogen and oxygen atoms in total. The van der Waals surface area contributed by atoms with E-state index in [1.165, 1.54) is 4.31 Å². The molecule has 0 aromatic heterocycles. The van der Waals surface area contributed by atoms with Crippen LogP contribution in [0.2, 0.25) is 0 Å². The van der Waals surface area contributed by atoms with Gasteiger partial charge in [0.05, 0.1) is 4.90 Å². The Morgan fingerprint density at radius 1 is 1.14 bits per heavy atom. The molecule has 29 heavy (non-hydrogen) atoms. The monoisotopic (exact) mass is 413 g/mol. The highest BCUT2D eigenvalue weighted by Gasteiger charge is 2.41. The largest absolute Gasteiger partial charge is 0.460 e. The van der Waals surface area contributed by atoms with Crippen LogP contribution in [0, 0.1) is 12.8 Å². The van der Waals surface area contributed by atoms with Crippen LogP contribution in [-0.2, 0) is 26.2 Å². The van der Waals surface area contributed by atoms with Gasteiger partial charge in [0.1, 0.15) is 12.6 Å². The van der Waals surface area contributed by atoms with Crippen LogP contribution in [-0.4, -0.2) is 31.3 Å². The van der Waals surface area contributed by atoms with E-state index in [-0.39, 0.29) is 24.0 Å². The smallest absolute Gasteiger partial charge is 0.325 e. The molecule has 0 unspecified atom stereocenters. The van der Waals surface area contributed by atoms with Gasteiger partial charge in [0.25, 0.3) is 0 Å². The molecule has 0 saturated carbocycles. The lowest BCUT2D eigenvalue weighted by Gasteiger charge is -2.30. The zero-order valence-electron chi connectivity index (χ0n) is 17.1. The van der Waals surface area contributed by atoms with E-state index in [2.05, 4.69) is 6.58 Å². The Bertz CT molecular complexity index is 1010. The Kier molecular flexibility index (Phi) is 6.24. The van der Waals surface area contributed by atoms with E-state index in [0.29, 0.717) is 12.0 Å². The fraction of sp³-hybridized carbons (Fsp3) is 0.348. The zero-order chi connectivity index (χ0) is 21.2. The van der Waals surface area contributed by atoms with Crippen molar-refractivity contribution >= 4 is 21.6 Å². The average Bonchev–Trinajstić information content (AvgIpc) is 2.78. The lowest BCUT2D eigenvalue weighted by atomic mass is 10.0. The highest BCUT2D eigenvalue weighted by Crippen LogP contribution is 2.34. The maximum absolute atomic E-state index is 13.4. The van der Waals surface area contributed by atoms with Gasteiger partial charge >= 0.3 is 5.97 Å². The third kappa shape index (κ3) is 4.43. The van der Waals surface area contributed by atoms with Crippen LogP contribution in [0.1, 0.15) is 37.0 Å². The predicted octanol–water partition coefficient (Wildman–Crippen LogP) is 4.17. The van der Waals surface area contributed by atoms with Crippen molar-refractivity contribution in [1.29, 1.82) is 0 Å². The first-order chi connectivity index (χ1) is 13.7. The molecule has 3 rings (SSSR count). The van der Waals surface area contributed by atoms with Gasteiger partial charge in [0, 0.05) is 6.54 Å². The lowest BCUT2D eigenvalue weighted by Crippen LogP contribution is -2.48. The van der Waals surface area contributed by atoms with E-state index in [4.69, 9.17) is 4.74 Å². The van der Waals surface area contributed by atoms with Crippen molar-refractivity contribution in [2.45, 2.75) is 44.7 Å². The van der Waals surface area contributed by atoms with E-state index < -0.39 is 22.0 Å². The summed E-state index contributed by atoms with van der Waals surface area (Å²) in [6.45, 7) is 9.99. The van der Waals surface area contributed by atoms with Crippen LogP contribution in [0.4, 0.5) is 0 Å². The Morgan fingerprint density at radius 3 is 2.45 bits per heavy atom. The summed E-state index contributed by atoms with van der Waals surface area (Å²) in [6, 6.07) is 13.6. The summed E-state index contributed by atoms with van der Waals surface area (Å²) in [5.74, 6) is -0.775. The van der Waals surface area contributed by atoms with Crippen molar-refractivity contribution in [2.24, 2.45) is 5.92 Å². The van der Waals surface area contributed by atoms with Gasteiger partial charge < -0.3 is 4.74 Å². The maximum Gasteiger partial charge on any atom is 0.325 e. The molecule has 0 bridgehead atoms. The number of aryl methyl sites for hydroxylation is 1. The van der Waals surface area contributed by atoms with Gasteiger partial charge in [-0.3, -0.25) is 4.79 Å². The van der Waals surface area contributed by atoms with Gasteiger partial charge in [0.15, 0.2) is 0 Å². The summed E-state index contributed by atoms with van der Waals surface area (Å²) >= 11 is 0. The molecular weight excluding hydrogens is 386 g/mol. The van der Waals surface area contributed by atoms with Crippen LogP contribution >= 0.6 is 0 Å². The summed E-state index contributed by atoms with van der Waals surface area (Å²) in [7, 11) is -3.86. The van der Waals surface area contributed by atoms with Crippen LogP contribution < -0.4 is 0 Å². The summed E-state index contributed by atoms with van der Waals surface area (Å²) in [4.78, 5) is 13.2. The summed E-state index contributed by atoms with van der Waals surface area (Å²) in [5, 5.41) is 0. The lowest BCUT2D eigenvalue weighted by molar-refractivity contribution is -0.151. The minimum absolute atomic E-state index is 0.111. The minimum Gasteiger partial charge on any atom is -0.460 e. The first-order valence-corrected chi connectivity index (χ1v) is 11.2. The zero-order valence-corrected chi connectivity index (χ0v) is 17.9. The van der Waals surface area contributed by atoms with E-state index >= 15 is 0 Å². The third-order valence-electron chi connectivity index (χ3n) is 5.17. The van der Waals surface area contributed by atoms with E-state index in [1.807, 2.05) is 45.0 Å². The molecule has 1 atom stereocenters. The normalized spacial score (nSPS) is 17.4. The second kappa shape index (κ2) is 8.51. The molecule has 6 heteroatoms. The number of rotatable bonds is 5.